The summed E-state index contributed by atoms with van der Waals surface area (Å²) in [4.78, 5) is 0. The van der Waals surface area contributed by atoms with Gasteiger partial charge in [-0.1, -0.05) is 24.3 Å². The van der Waals surface area contributed by atoms with Gasteiger partial charge in [0.1, 0.15) is 0 Å². The number of anilines is 1. The van der Waals surface area contributed by atoms with E-state index in [2.05, 4.69) is 0 Å². The molecule has 0 atom stereocenters. The first-order chi connectivity index (χ1) is 9.45. The number of hydrogen-bond acceptors (Lipinski definition) is 2. The molecule has 0 saturated carbocycles. The molecule has 0 aromatic heterocycles. The third-order valence-corrected chi connectivity index (χ3v) is 2.80. The van der Waals surface area contributed by atoms with Crippen molar-refractivity contribution in [1.29, 1.82) is 0 Å². The lowest BCUT2D eigenvalue weighted by molar-refractivity contribution is -0.137. The average Bonchev–Trinajstić information content (AvgIpc) is 2.41. The number of alkyl halides is 3. The molecule has 0 fully saturated rings. The van der Waals surface area contributed by atoms with Gasteiger partial charge in [-0.2, -0.15) is 13.2 Å². The largest absolute Gasteiger partial charge is 0.416 e. The molecule has 2 nitrogen and oxygen atoms in total. The molecule has 2 rings (SSSR count). The first-order valence-electron chi connectivity index (χ1n) is 6.03. The Balaban J connectivity index is 1.87. The van der Waals surface area contributed by atoms with E-state index in [-0.39, 0.29) is 6.61 Å². The molecule has 2 aromatic carbocycles. The van der Waals surface area contributed by atoms with E-state index in [0.29, 0.717) is 17.9 Å². The van der Waals surface area contributed by atoms with Crippen LogP contribution in [0.25, 0.3) is 0 Å². The molecule has 0 saturated heterocycles. The molecule has 5 heteroatoms. The van der Waals surface area contributed by atoms with Crippen molar-refractivity contribution in [2.75, 3.05) is 5.73 Å². The lowest BCUT2D eigenvalue weighted by Crippen LogP contribution is -2.04. The maximum atomic E-state index is 12.4. The SMILES string of the molecule is Nc1ccc(COCc2ccc(C(F)(F)F)cc2)cc1. The van der Waals surface area contributed by atoms with Crippen molar-refractivity contribution in [3.8, 4) is 0 Å². The highest BCUT2D eigenvalue weighted by Gasteiger charge is 2.29. The second-order valence-corrected chi connectivity index (χ2v) is 4.43. The van der Waals surface area contributed by atoms with Crippen LogP contribution in [0.5, 0.6) is 0 Å². The fraction of sp³-hybridized carbons (Fsp3) is 0.200. The fourth-order valence-electron chi connectivity index (χ4n) is 1.69. The first-order valence-corrected chi connectivity index (χ1v) is 6.03. The van der Waals surface area contributed by atoms with Gasteiger partial charge in [-0.05, 0) is 35.4 Å². The smallest absolute Gasteiger partial charge is 0.399 e. The molecule has 106 valence electrons. The number of ether oxygens (including phenoxy) is 1. The third kappa shape index (κ3) is 3.99. The fourth-order valence-corrected chi connectivity index (χ4v) is 1.69. The summed E-state index contributed by atoms with van der Waals surface area (Å²) in [5.74, 6) is 0. The van der Waals surface area contributed by atoms with Crippen LogP contribution < -0.4 is 5.73 Å². The van der Waals surface area contributed by atoms with Gasteiger partial charge in [0.2, 0.25) is 0 Å². The Kier molecular flexibility index (Phi) is 4.29. The van der Waals surface area contributed by atoms with Crippen LogP contribution in [0, 0.1) is 0 Å². The maximum Gasteiger partial charge on any atom is 0.416 e. The highest BCUT2D eigenvalue weighted by Crippen LogP contribution is 2.29. The van der Waals surface area contributed by atoms with Gasteiger partial charge in [-0.15, -0.1) is 0 Å². The summed E-state index contributed by atoms with van der Waals surface area (Å²) in [7, 11) is 0. The van der Waals surface area contributed by atoms with E-state index in [0.717, 1.165) is 17.7 Å². The van der Waals surface area contributed by atoms with E-state index in [9.17, 15) is 13.2 Å². The van der Waals surface area contributed by atoms with Crippen molar-refractivity contribution in [3.05, 3.63) is 65.2 Å². The van der Waals surface area contributed by atoms with E-state index in [1.165, 1.54) is 12.1 Å². The van der Waals surface area contributed by atoms with Crippen molar-refractivity contribution in [3.63, 3.8) is 0 Å². The van der Waals surface area contributed by atoms with Crippen molar-refractivity contribution in [2.45, 2.75) is 19.4 Å². The molecule has 0 aliphatic heterocycles. The standard InChI is InChI=1S/C15H14F3NO/c16-15(17,18)13-5-1-11(2-6-13)9-20-10-12-3-7-14(19)8-4-12/h1-8H,9-10,19H2. The van der Waals surface area contributed by atoms with E-state index in [1.54, 1.807) is 12.1 Å². The van der Waals surface area contributed by atoms with Gasteiger partial charge >= 0.3 is 6.18 Å². The number of rotatable bonds is 4. The Morgan fingerprint density at radius 2 is 1.25 bits per heavy atom. The zero-order valence-electron chi connectivity index (χ0n) is 10.7. The van der Waals surface area contributed by atoms with Crippen molar-refractivity contribution in [2.24, 2.45) is 0 Å². The lowest BCUT2D eigenvalue weighted by Gasteiger charge is -2.08. The van der Waals surface area contributed by atoms with Gasteiger partial charge in [-0.25, -0.2) is 0 Å². The van der Waals surface area contributed by atoms with E-state index in [1.807, 2.05) is 12.1 Å². The summed E-state index contributed by atoms with van der Waals surface area (Å²) < 4.78 is 42.6. The summed E-state index contributed by atoms with van der Waals surface area (Å²) in [6, 6.07) is 12.2. The molecule has 0 radical (unpaired) electrons. The predicted molar refractivity (Wildman–Crippen MR) is 70.8 cm³/mol. The minimum absolute atomic E-state index is 0.266. The number of halogens is 3. The average molecular weight is 281 g/mol. The summed E-state index contributed by atoms with van der Waals surface area (Å²) in [6.07, 6.45) is -4.30. The highest BCUT2D eigenvalue weighted by molar-refractivity contribution is 5.39. The summed E-state index contributed by atoms with van der Waals surface area (Å²) in [6.45, 7) is 0.657. The summed E-state index contributed by atoms with van der Waals surface area (Å²) in [5.41, 5.74) is 7.25. The zero-order chi connectivity index (χ0) is 14.6. The normalized spacial score (nSPS) is 11.6. The molecule has 0 heterocycles. The van der Waals surface area contributed by atoms with Crippen LogP contribution in [-0.4, -0.2) is 0 Å². The van der Waals surface area contributed by atoms with Crippen molar-refractivity contribution < 1.29 is 17.9 Å². The van der Waals surface area contributed by atoms with Gasteiger partial charge in [0.05, 0.1) is 18.8 Å². The monoisotopic (exact) mass is 281 g/mol. The van der Waals surface area contributed by atoms with Gasteiger partial charge in [0.25, 0.3) is 0 Å². The van der Waals surface area contributed by atoms with Crippen molar-refractivity contribution in [1.82, 2.24) is 0 Å². The van der Waals surface area contributed by atoms with Crippen molar-refractivity contribution >= 4 is 5.69 Å². The highest BCUT2D eigenvalue weighted by atomic mass is 19.4. The molecular weight excluding hydrogens is 267 g/mol. The minimum Gasteiger partial charge on any atom is -0.399 e. The zero-order valence-corrected chi connectivity index (χ0v) is 10.7. The number of hydrogen-bond donors (Lipinski definition) is 1. The molecule has 0 aliphatic rings. The predicted octanol–water partition coefficient (Wildman–Crippen LogP) is 4.00. The Hall–Kier alpha value is -2.01. The number of benzene rings is 2. The summed E-state index contributed by atoms with van der Waals surface area (Å²) >= 11 is 0. The quantitative estimate of drug-likeness (QED) is 0.859. The first kappa shape index (κ1) is 14.4. The Labute approximate surface area is 115 Å². The van der Waals surface area contributed by atoms with Crippen LogP contribution in [0.15, 0.2) is 48.5 Å². The second kappa shape index (κ2) is 5.96. The van der Waals surface area contributed by atoms with E-state index < -0.39 is 11.7 Å². The van der Waals surface area contributed by atoms with E-state index in [4.69, 9.17) is 10.5 Å². The molecule has 2 aromatic rings. The molecular formula is C15H14F3NO. The topological polar surface area (TPSA) is 35.2 Å². The molecule has 20 heavy (non-hydrogen) atoms. The van der Waals surface area contributed by atoms with Gasteiger partial charge in [-0.3, -0.25) is 0 Å². The molecule has 0 aliphatic carbocycles. The van der Waals surface area contributed by atoms with Gasteiger partial charge < -0.3 is 10.5 Å². The van der Waals surface area contributed by atoms with Crippen LogP contribution in [-0.2, 0) is 24.1 Å². The Morgan fingerprint density at radius 3 is 1.70 bits per heavy atom. The third-order valence-electron chi connectivity index (χ3n) is 2.80. The molecule has 0 bridgehead atoms. The molecule has 0 spiro atoms. The van der Waals surface area contributed by atoms with E-state index >= 15 is 0 Å². The van der Waals surface area contributed by atoms with Crippen LogP contribution >= 0.6 is 0 Å². The molecule has 0 unspecified atom stereocenters. The molecule has 0 amide bonds. The number of nitrogen functional groups attached to an aromatic ring is 1. The molecule has 2 N–H and O–H groups in total. The van der Waals surface area contributed by atoms with Crippen LogP contribution in [0.1, 0.15) is 16.7 Å². The van der Waals surface area contributed by atoms with Crippen LogP contribution in [0.2, 0.25) is 0 Å². The maximum absolute atomic E-state index is 12.4. The Morgan fingerprint density at radius 1 is 0.800 bits per heavy atom. The van der Waals surface area contributed by atoms with Crippen LogP contribution in [0.3, 0.4) is 0 Å². The van der Waals surface area contributed by atoms with Crippen LogP contribution in [0.4, 0.5) is 18.9 Å². The number of nitrogens with two attached hydrogens (primary N) is 1. The minimum atomic E-state index is -4.30. The van der Waals surface area contributed by atoms with Gasteiger partial charge in [0.15, 0.2) is 0 Å². The second-order valence-electron chi connectivity index (χ2n) is 4.43. The lowest BCUT2D eigenvalue weighted by atomic mass is 10.1. The van der Waals surface area contributed by atoms with Gasteiger partial charge in [0, 0.05) is 5.69 Å². The summed E-state index contributed by atoms with van der Waals surface area (Å²) in [5, 5.41) is 0. The Bertz CT molecular complexity index is 547.